The van der Waals surface area contributed by atoms with Gasteiger partial charge in [-0.25, -0.2) is 19.7 Å². The Morgan fingerprint density at radius 1 is 1.08 bits per heavy atom. The molecule has 0 aromatic carbocycles. The molecule has 1 aliphatic rings. The molecule has 0 bridgehead atoms. The van der Waals surface area contributed by atoms with Gasteiger partial charge >= 0.3 is 19.6 Å². The van der Waals surface area contributed by atoms with Crippen LogP contribution in [0.1, 0.15) is 79.8 Å². The number of hydrogen-bond donors (Lipinski definition) is 5. The zero-order chi connectivity index (χ0) is 35.9. The molecule has 0 radical (unpaired) electrons. The number of nitrogen functional groups attached to an aromatic ring is 1. The summed E-state index contributed by atoms with van der Waals surface area (Å²) in [5.41, 5.74) is 1.93. The maximum Gasteiger partial charge on any atom is 0.342 e. The number of aromatic nitrogens is 3. The first kappa shape index (κ1) is 39.3. The Hall–Kier alpha value is -3.16. The van der Waals surface area contributed by atoms with E-state index in [4.69, 9.17) is 24.5 Å². The summed E-state index contributed by atoms with van der Waals surface area (Å²) in [6, 6.07) is 2.66. The number of ether oxygens (including phenoxy) is 3. The van der Waals surface area contributed by atoms with Gasteiger partial charge in [-0.15, -0.1) is 0 Å². The van der Waals surface area contributed by atoms with Crippen LogP contribution in [0.25, 0.3) is 5.52 Å². The Morgan fingerprint density at radius 3 is 2.08 bits per heavy atom. The number of carbonyl (C=O) groups is 2. The van der Waals surface area contributed by atoms with E-state index in [-0.39, 0.29) is 36.6 Å². The van der Waals surface area contributed by atoms with E-state index in [9.17, 15) is 29.6 Å². The molecule has 2 aromatic heterocycles. The normalized spacial score (nSPS) is 24.1. The van der Waals surface area contributed by atoms with Gasteiger partial charge in [0, 0.05) is 0 Å². The van der Waals surface area contributed by atoms with Crippen LogP contribution in [0.2, 0.25) is 0 Å². The summed E-state index contributed by atoms with van der Waals surface area (Å²) in [5, 5.41) is 42.5. The van der Waals surface area contributed by atoms with Crippen molar-refractivity contribution in [3.8, 4) is 6.07 Å². The molecule has 16 nitrogen and oxygen atoms in total. The first-order valence-electron chi connectivity index (χ1n) is 16.3. The lowest BCUT2D eigenvalue weighted by atomic mass is 9.80. The number of hydrogen-bond acceptors (Lipinski definition) is 13. The lowest BCUT2D eigenvalue weighted by molar-refractivity contribution is -0.147. The molecule has 1 saturated heterocycles. The Balaban J connectivity index is 1.86. The molecule has 0 unspecified atom stereocenters. The molecule has 6 N–H and O–H groups in total. The number of anilines is 1. The SMILES string of the molecule is CCC(CC)COC(=O)[C@H](C)NP(=O)(N[C@@H](C)C(=O)OCC(CC)CC)OC[C@H]1O[C@@](C#N)(c2ccc3c(N)ncnn23)[C@](C)(O)[C@@H]1O. The lowest BCUT2D eigenvalue weighted by Gasteiger charge is -2.33. The quantitative estimate of drug-likeness (QED) is 0.111. The average Bonchev–Trinajstić information content (AvgIpc) is 3.58. The molecule has 17 heteroatoms. The van der Waals surface area contributed by atoms with Crippen molar-refractivity contribution in [3.63, 3.8) is 0 Å². The Bertz CT molecular complexity index is 1450. The summed E-state index contributed by atoms with van der Waals surface area (Å²) in [5.74, 6) is -0.965. The maximum atomic E-state index is 14.3. The highest BCUT2D eigenvalue weighted by atomic mass is 31.2. The fraction of sp³-hybridized carbons (Fsp3) is 0.710. The van der Waals surface area contributed by atoms with Gasteiger partial charge in [0.25, 0.3) is 0 Å². The average molecular weight is 696 g/mol. The van der Waals surface area contributed by atoms with Crippen LogP contribution >= 0.6 is 7.67 Å². The van der Waals surface area contributed by atoms with Gasteiger partial charge in [0.05, 0.1) is 25.5 Å². The molecule has 0 spiro atoms. The summed E-state index contributed by atoms with van der Waals surface area (Å²) >= 11 is 0. The maximum absolute atomic E-state index is 14.3. The molecule has 48 heavy (non-hydrogen) atoms. The van der Waals surface area contributed by atoms with Crippen molar-refractivity contribution in [3.05, 3.63) is 24.2 Å². The summed E-state index contributed by atoms with van der Waals surface area (Å²) in [4.78, 5) is 29.7. The van der Waals surface area contributed by atoms with Gasteiger partial charge in [-0.3, -0.25) is 14.2 Å². The number of nitrogens with one attached hydrogen (secondary N) is 2. The van der Waals surface area contributed by atoms with E-state index >= 15 is 0 Å². The predicted octanol–water partition coefficient (Wildman–Crippen LogP) is 2.58. The lowest BCUT2D eigenvalue weighted by Crippen LogP contribution is -2.52. The van der Waals surface area contributed by atoms with Gasteiger partial charge in [0.15, 0.2) is 5.82 Å². The van der Waals surface area contributed by atoms with E-state index in [1.165, 1.54) is 43.7 Å². The van der Waals surface area contributed by atoms with Crippen molar-refractivity contribution in [2.24, 2.45) is 11.8 Å². The number of nitriles is 1. The molecule has 6 atom stereocenters. The molecule has 2 aromatic rings. The highest BCUT2D eigenvalue weighted by Crippen LogP contribution is 2.49. The van der Waals surface area contributed by atoms with Crippen molar-refractivity contribution in [1.29, 1.82) is 5.26 Å². The van der Waals surface area contributed by atoms with Gasteiger partial charge in [0.1, 0.15) is 47.8 Å². The Morgan fingerprint density at radius 2 is 1.60 bits per heavy atom. The molecule has 3 heterocycles. The van der Waals surface area contributed by atoms with Crippen molar-refractivity contribution < 1.29 is 43.1 Å². The third-order valence-electron chi connectivity index (χ3n) is 9.06. The number of aliphatic hydroxyl groups is 2. The van der Waals surface area contributed by atoms with E-state index in [0.717, 1.165) is 25.7 Å². The van der Waals surface area contributed by atoms with Crippen LogP contribution in [-0.2, 0) is 38.5 Å². The minimum absolute atomic E-state index is 0.0581. The highest BCUT2D eigenvalue weighted by molar-refractivity contribution is 7.54. The Labute approximate surface area is 281 Å². The van der Waals surface area contributed by atoms with Crippen LogP contribution in [0.5, 0.6) is 0 Å². The van der Waals surface area contributed by atoms with Gasteiger partial charge in [-0.2, -0.15) is 10.4 Å². The number of nitrogens with two attached hydrogens (primary N) is 1. The molecule has 3 rings (SSSR count). The summed E-state index contributed by atoms with van der Waals surface area (Å²) in [6.45, 7) is 11.7. The van der Waals surface area contributed by atoms with Crippen LogP contribution in [0.3, 0.4) is 0 Å². The number of esters is 2. The van der Waals surface area contributed by atoms with Gasteiger partial charge in [-0.1, -0.05) is 53.4 Å². The van der Waals surface area contributed by atoms with Crippen LogP contribution in [0, 0.1) is 23.2 Å². The van der Waals surface area contributed by atoms with Gasteiger partial charge in [0.2, 0.25) is 5.60 Å². The van der Waals surface area contributed by atoms with Crippen LogP contribution in [0.15, 0.2) is 18.5 Å². The number of carbonyl (C=O) groups excluding carboxylic acids is 2. The first-order valence-corrected chi connectivity index (χ1v) is 18.0. The van der Waals surface area contributed by atoms with Crippen LogP contribution in [-0.4, -0.2) is 86.5 Å². The standard InChI is InChI=1S/C31H50N7O9P/c1-8-21(9-2)14-44-28(40)19(5)36-48(43,37-20(6)29(41)45-15-22(10-3)11-4)46-16-24-26(39)30(7,42)31(17-32,47-24)25-13-12-23-27(33)34-18-35-38(23)25/h12-13,18-22,24,26,39,42H,8-11,14-16H2,1-7H3,(H2,33,34,35)(H2,36,37,43)/t19-,20-,24+,26+,30+,31-/m0/s1. The molecule has 0 amide bonds. The van der Waals surface area contributed by atoms with E-state index in [1.807, 2.05) is 33.8 Å². The fourth-order valence-electron chi connectivity index (χ4n) is 5.45. The molecular weight excluding hydrogens is 645 g/mol. The zero-order valence-electron chi connectivity index (χ0n) is 28.7. The highest BCUT2D eigenvalue weighted by Gasteiger charge is 2.65. The topological polar surface area (TPSA) is 233 Å². The summed E-state index contributed by atoms with van der Waals surface area (Å²) in [7, 11) is -4.34. The van der Waals surface area contributed by atoms with Crippen molar-refractivity contribution in [2.75, 3.05) is 25.6 Å². The van der Waals surface area contributed by atoms with Gasteiger partial charge < -0.3 is 34.7 Å². The van der Waals surface area contributed by atoms with E-state index in [1.54, 1.807) is 0 Å². The molecule has 0 aliphatic carbocycles. The zero-order valence-corrected chi connectivity index (χ0v) is 29.6. The first-order chi connectivity index (χ1) is 22.6. The third kappa shape index (κ3) is 8.34. The minimum atomic E-state index is -4.34. The predicted molar refractivity (Wildman–Crippen MR) is 175 cm³/mol. The summed E-state index contributed by atoms with van der Waals surface area (Å²) < 4.78 is 38.2. The van der Waals surface area contributed by atoms with Crippen molar-refractivity contribution in [2.45, 2.75) is 110 Å². The second-order valence-electron chi connectivity index (χ2n) is 12.4. The van der Waals surface area contributed by atoms with Crippen molar-refractivity contribution >= 4 is 30.9 Å². The number of aliphatic hydroxyl groups excluding tert-OH is 1. The number of rotatable bonds is 18. The van der Waals surface area contributed by atoms with E-state index in [2.05, 4.69) is 20.3 Å². The number of nitrogens with zero attached hydrogens (tertiary/aromatic N) is 4. The smallest absolute Gasteiger partial charge is 0.342 e. The monoisotopic (exact) mass is 695 g/mol. The van der Waals surface area contributed by atoms with Crippen LogP contribution in [0.4, 0.5) is 5.82 Å². The van der Waals surface area contributed by atoms with Crippen LogP contribution < -0.4 is 15.9 Å². The molecule has 0 saturated carbocycles. The molecule has 268 valence electrons. The van der Waals surface area contributed by atoms with Crippen molar-refractivity contribution in [1.82, 2.24) is 24.8 Å². The minimum Gasteiger partial charge on any atom is -0.464 e. The largest absolute Gasteiger partial charge is 0.464 e. The molecule has 1 fully saturated rings. The number of fused-ring (bicyclic) bond motifs is 1. The third-order valence-corrected chi connectivity index (χ3v) is 11.0. The Kier molecular flexibility index (Phi) is 13.5. The van der Waals surface area contributed by atoms with Gasteiger partial charge in [-0.05, 0) is 44.7 Å². The second-order valence-corrected chi connectivity index (χ2v) is 14.3. The second kappa shape index (κ2) is 16.5. The van der Waals surface area contributed by atoms with E-state index in [0.29, 0.717) is 5.52 Å². The molecular formula is C31H50N7O9P. The molecule has 1 aliphatic heterocycles. The van der Waals surface area contributed by atoms with E-state index < -0.39 is 61.7 Å². The summed E-state index contributed by atoms with van der Waals surface area (Å²) in [6.07, 6.45) is 1.24. The fourth-order valence-corrected chi connectivity index (χ4v) is 7.26.